The van der Waals surface area contributed by atoms with Crippen LogP contribution in [0.25, 0.3) is 0 Å². The van der Waals surface area contributed by atoms with Gasteiger partial charge in [0.2, 0.25) is 5.91 Å². The third-order valence-corrected chi connectivity index (χ3v) is 9.95. The van der Waals surface area contributed by atoms with E-state index in [1.54, 1.807) is 0 Å². The maximum atomic E-state index is 15.0. The summed E-state index contributed by atoms with van der Waals surface area (Å²) in [6.07, 6.45) is 0. The van der Waals surface area contributed by atoms with Crippen molar-refractivity contribution in [3.05, 3.63) is 99.0 Å². The molecule has 3 aromatic rings. The van der Waals surface area contributed by atoms with Crippen molar-refractivity contribution in [3.63, 3.8) is 0 Å². The Morgan fingerprint density at radius 3 is 2.02 bits per heavy atom. The summed E-state index contributed by atoms with van der Waals surface area (Å²) >= 11 is 12.7. The predicted molar refractivity (Wildman–Crippen MR) is 201 cm³/mol. The van der Waals surface area contributed by atoms with E-state index in [2.05, 4.69) is 37.8 Å². The molecule has 0 aliphatic carbocycles. The first-order chi connectivity index (χ1) is 23.5. The zero-order valence-electron chi connectivity index (χ0n) is 29.1. The molecule has 3 aromatic carbocycles. The number of ether oxygens (including phenoxy) is 2. The van der Waals surface area contributed by atoms with Gasteiger partial charge in [0.05, 0.1) is 38.0 Å². The van der Waals surface area contributed by atoms with Gasteiger partial charge in [-0.1, -0.05) is 74.3 Å². The largest absolute Gasteiger partial charge is 0.493 e. The standard InChI is InChI=1S/C38H45Cl2N5O4.ClH/c1-5-49-32-15-10-28(38(2,3)4)24-31(32)36-41-34(26-6-11-29(39)12-7-26)35(27-8-13-30(40)14-9-27)45(36)37(47)44-18-16-42(17-19-44)25-33(46)43-20-22-48-23-21-43;/h6-15,24,34-35H,5,16-23,25H2,1-4H3;1H/t34-,35+;/m0./s1. The second kappa shape index (κ2) is 16.3. The van der Waals surface area contributed by atoms with Gasteiger partial charge in [-0.25, -0.2) is 4.79 Å². The van der Waals surface area contributed by atoms with E-state index in [1.807, 2.05) is 76.2 Å². The van der Waals surface area contributed by atoms with Crippen LogP contribution in [0.1, 0.15) is 62.0 Å². The number of halogens is 3. The molecule has 3 aliphatic heterocycles. The Morgan fingerprint density at radius 1 is 0.840 bits per heavy atom. The van der Waals surface area contributed by atoms with Gasteiger partial charge >= 0.3 is 6.03 Å². The Bertz CT molecular complexity index is 1670. The van der Waals surface area contributed by atoms with Crippen molar-refractivity contribution in [1.82, 2.24) is 19.6 Å². The molecule has 0 radical (unpaired) electrons. The second-order valence-corrected chi connectivity index (χ2v) is 14.6. The van der Waals surface area contributed by atoms with Gasteiger partial charge in [0.1, 0.15) is 17.6 Å². The lowest BCUT2D eigenvalue weighted by Gasteiger charge is -2.39. The normalized spacial score (nSPS) is 20.0. The molecule has 12 heteroatoms. The molecule has 0 spiro atoms. The number of rotatable bonds is 7. The van der Waals surface area contributed by atoms with Crippen LogP contribution in [0, 0.1) is 0 Å². The maximum absolute atomic E-state index is 15.0. The maximum Gasteiger partial charge on any atom is 0.326 e. The molecule has 0 unspecified atom stereocenters. The summed E-state index contributed by atoms with van der Waals surface area (Å²) in [5, 5.41) is 1.24. The minimum atomic E-state index is -0.463. The van der Waals surface area contributed by atoms with Gasteiger partial charge in [0.25, 0.3) is 0 Å². The summed E-state index contributed by atoms with van der Waals surface area (Å²) in [4.78, 5) is 41.1. The number of amides is 3. The van der Waals surface area contributed by atoms with Gasteiger partial charge in [0.15, 0.2) is 0 Å². The number of carbonyl (C=O) groups is 2. The van der Waals surface area contributed by atoms with Crippen molar-refractivity contribution in [3.8, 4) is 5.75 Å². The molecule has 0 saturated carbocycles. The van der Waals surface area contributed by atoms with E-state index >= 15 is 0 Å². The highest BCUT2D eigenvalue weighted by Crippen LogP contribution is 2.46. The molecule has 9 nitrogen and oxygen atoms in total. The van der Waals surface area contributed by atoms with Gasteiger partial charge in [-0.2, -0.15) is 0 Å². The first-order valence-electron chi connectivity index (χ1n) is 17.1. The van der Waals surface area contributed by atoms with Crippen molar-refractivity contribution < 1.29 is 19.1 Å². The van der Waals surface area contributed by atoms with Gasteiger partial charge in [-0.3, -0.25) is 19.6 Å². The van der Waals surface area contributed by atoms with Gasteiger partial charge in [-0.15, -0.1) is 12.4 Å². The van der Waals surface area contributed by atoms with Crippen LogP contribution in [-0.4, -0.2) is 103 Å². The van der Waals surface area contributed by atoms with Crippen molar-refractivity contribution in [2.45, 2.75) is 45.2 Å². The van der Waals surface area contributed by atoms with E-state index < -0.39 is 12.1 Å². The average molecular weight is 743 g/mol. The molecule has 0 aromatic heterocycles. The Balaban J connectivity index is 0.00000486. The highest BCUT2D eigenvalue weighted by atomic mass is 35.5. The third kappa shape index (κ3) is 8.40. The molecule has 3 aliphatic rings. The van der Waals surface area contributed by atoms with Crippen LogP contribution in [0.5, 0.6) is 5.75 Å². The van der Waals surface area contributed by atoms with E-state index in [-0.39, 0.29) is 29.8 Å². The van der Waals surface area contributed by atoms with Crippen molar-refractivity contribution in [1.29, 1.82) is 0 Å². The zero-order valence-corrected chi connectivity index (χ0v) is 31.4. The van der Waals surface area contributed by atoms with Crippen molar-refractivity contribution in [2.75, 3.05) is 65.6 Å². The second-order valence-electron chi connectivity index (χ2n) is 13.7. The smallest absolute Gasteiger partial charge is 0.326 e. The minimum Gasteiger partial charge on any atom is -0.493 e. The first kappa shape index (κ1) is 37.9. The summed E-state index contributed by atoms with van der Waals surface area (Å²) in [6, 6.07) is 20.5. The summed E-state index contributed by atoms with van der Waals surface area (Å²) in [6.45, 7) is 13.8. The number of piperazine rings is 1. The Hall–Kier alpha value is -3.34. The monoisotopic (exact) mass is 741 g/mol. The Labute approximate surface area is 311 Å². The SMILES string of the molecule is CCOc1ccc(C(C)(C)C)cc1C1=N[C@@H](c2ccc(Cl)cc2)[C@@H](c2ccc(Cl)cc2)N1C(=O)N1CCN(CC(=O)N2CCOCC2)CC1.Cl. The lowest BCUT2D eigenvalue weighted by Crippen LogP contribution is -2.56. The fraction of sp³-hybridized carbons (Fsp3) is 0.447. The molecule has 2 atom stereocenters. The quantitative estimate of drug-likeness (QED) is 0.255. The van der Waals surface area contributed by atoms with Crippen LogP contribution < -0.4 is 4.74 Å². The van der Waals surface area contributed by atoms with E-state index in [9.17, 15) is 9.59 Å². The summed E-state index contributed by atoms with van der Waals surface area (Å²) in [5.74, 6) is 1.34. The third-order valence-electron chi connectivity index (χ3n) is 9.45. The number of hydrogen-bond acceptors (Lipinski definition) is 6. The van der Waals surface area contributed by atoms with Gasteiger partial charge in [0, 0.05) is 49.3 Å². The molecule has 3 heterocycles. The number of benzene rings is 3. The fourth-order valence-corrected chi connectivity index (χ4v) is 6.91. The zero-order chi connectivity index (χ0) is 34.7. The molecule has 3 amide bonds. The van der Waals surface area contributed by atoms with E-state index in [4.69, 9.17) is 37.7 Å². The van der Waals surface area contributed by atoms with E-state index in [0.717, 1.165) is 22.3 Å². The summed E-state index contributed by atoms with van der Waals surface area (Å²) < 4.78 is 11.6. The Kier molecular flexibility index (Phi) is 12.4. The van der Waals surface area contributed by atoms with Gasteiger partial charge in [-0.05, 0) is 65.4 Å². The van der Waals surface area contributed by atoms with Crippen LogP contribution in [0.2, 0.25) is 10.0 Å². The van der Waals surface area contributed by atoms with Crippen molar-refractivity contribution in [2.24, 2.45) is 4.99 Å². The molecule has 50 heavy (non-hydrogen) atoms. The number of aliphatic imine (C=N–C) groups is 1. The highest BCUT2D eigenvalue weighted by molar-refractivity contribution is 6.30. The lowest BCUT2D eigenvalue weighted by molar-refractivity contribution is -0.136. The molecule has 2 fully saturated rings. The van der Waals surface area contributed by atoms with Crippen molar-refractivity contribution >= 4 is 53.4 Å². The topological polar surface area (TPSA) is 77.9 Å². The molecule has 0 bridgehead atoms. The molecule has 0 N–H and O–H groups in total. The minimum absolute atomic E-state index is 0. The lowest BCUT2D eigenvalue weighted by atomic mass is 9.86. The predicted octanol–water partition coefficient (Wildman–Crippen LogP) is 7.25. The molecule has 268 valence electrons. The molecular weight excluding hydrogens is 697 g/mol. The van der Waals surface area contributed by atoms with E-state index in [0.29, 0.717) is 87.3 Å². The number of amidine groups is 1. The average Bonchev–Trinajstić information content (AvgIpc) is 3.49. The summed E-state index contributed by atoms with van der Waals surface area (Å²) in [5.41, 5.74) is 3.59. The Morgan fingerprint density at radius 2 is 1.44 bits per heavy atom. The highest BCUT2D eigenvalue weighted by Gasteiger charge is 2.45. The molecule has 6 rings (SSSR count). The molecular formula is C38H46Cl3N5O4. The fourth-order valence-electron chi connectivity index (χ4n) is 6.66. The van der Waals surface area contributed by atoms with Crippen LogP contribution in [-0.2, 0) is 14.9 Å². The van der Waals surface area contributed by atoms with Crippen LogP contribution >= 0.6 is 35.6 Å². The number of carbonyl (C=O) groups excluding carboxylic acids is 2. The number of hydrogen-bond donors (Lipinski definition) is 0. The number of morpholine rings is 1. The first-order valence-corrected chi connectivity index (χ1v) is 17.8. The van der Waals surface area contributed by atoms with Crippen LogP contribution in [0.15, 0.2) is 71.7 Å². The van der Waals surface area contributed by atoms with E-state index in [1.165, 1.54) is 0 Å². The summed E-state index contributed by atoms with van der Waals surface area (Å²) in [7, 11) is 0. The van der Waals surface area contributed by atoms with Crippen LogP contribution in [0.3, 0.4) is 0 Å². The number of urea groups is 1. The molecule has 2 saturated heterocycles. The van der Waals surface area contributed by atoms with Gasteiger partial charge < -0.3 is 19.3 Å². The number of nitrogens with zero attached hydrogens (tertiary/aromatic N) is 5. The van der Waals surface area contributed by atoms with Crippen LogP contribution in [0.4, 0.5) is 4.79 Å².